The minimum absolute atomic E-state index is 0.157. The zero-order chi connectivity index (χ0) is 13.8. The lowest BCUT2D eigenvalue weighted by atomic mass is 10.2. The monoisotopic (exact) mass is 271 g/mol. The average molecular weight is 271 g/mol. The number of esters is 1. The highest BCUT2D eigenvalue weighted by molar-refractivity contribution is 7.90. The van der Waals surface area contributed by atoms with Gasteiger partial charge in [-0.3, -0.25) is 9.78 Å². The molecule has 1 aromatic heterocycles. The van der Waals surface area contributed by atoms with Crippen molar-refractivity contribution < 1.29 is 17.9 Å². The van der Waals surface area contributed by atoms with E-state index >= 15 is 0 Å². The lowest BCUT2D eigenvalue weighted by Gasteiger charge is -2.09. The number of aryl methyl sites for hydroxylation is 1. The zero-order valence-electron chi connectivity index (χ0n) is 10.7. The van der Waals surface area contributed by atoms with E-state index in [1.165, 1.54) is 14.0 Å². The first-order valence-corrected chi connectivity index (χ1v) is 7.36. The third kappa shape index (κ3) is 4.44. The van der Waals surface area contributed by atoms with Crippen LogP contribution >= 0.6 is 0 Å². The van der Waals surface area contributed by atoms with E-state index < -0.39 is 21.7 Å². The number of carbonyl (C=O) groups excluding carboxylic acids is 1. The Morgan fingerprint density at radius 2 is 2.17 bits per heavy atom. The predicted octanol–water partition coefficient (Wildman–Crippen LogP) is 1.11. The van der Waals surface area contributed by atoms with Crippen molar-refractivity contribution >= 4 is 15.8 Å². The first kappa shape index (κ1) is 14.6. The van der Waals surface area contributed by atoms with Gasteiger partial charge in [0.25, 0.3) is 0 Å². The number of hydrogen-bond donors (Lipinski definition) is 0. The molecule has 1 rings (SSSR count). The molecule has 0 N–H and O–H groups in total. The van der Waals surface area contributed by atoms with Gasteiger partial charge < -0.3 is 4.74 Å². The molecule has 1 unspecified atom stereocenters. The number of sulfone groups is 1. The summed E-state index contributed by atoms with van der Waals surface area (Å²) in [5.41, 5.74) is 1.45. The maximum Gasteiger partial charge on any atom is 0.309 e. The highest BCUT2D eigenvalue weighted by Crippen LogP contribution is 2.10. The van der Waals surface area contributed by atoms with Gasteiger partial charge in [-0.1, -0.05) is 6.92 Å². The van der Waals surface area contributed by atoms with Crippen molar-refractivity contribution in [2.24, 2.45) is 5.92 Å². The third-order valence-electron chi connectivity index (χ3n) is 2.45. The third-order valence-corrected chi connectivity index (χ3v) is 4.19. The normalized spacial score (nSPS) is 13.1. The standard InChI is InChI=1S/C12H17NO4S/c1-9-4-5-13-11(6-9)8-18(15,16)7-10(2)12(14)17-3/h4-6,10H,7-8H2,1-3H3. The molecule has 0 aliphatic heterocycles. The fraction of sp³-hybridized carbons (Fsp3) is 0.500. The van der Waals surface area contributed by atoms with Crippen LogP contribution in [0.2, 0.25) is 0 Å². The van der Waals surface area contributed by atoms with Gasteiger partial charge in [0.05, 0.1) is 30.2 Å². The molecule has 0 fully saturated rings. The van der Waals surface area contributed by atoms with Crippen molar-refractivity contribution in [1.82, 2.24) is 4.98 Å². The first-order valence-electron chi connectivity index (χ1n) is 5.54. The molecule has 0 spiro atoms. The van der Waals surface area contributed by atoms with E-state index in [-0.39, 0.29) is 11.5 Å². The Hall–Kier alpha value is -1.43. The Morgan fingerprint density at radius 3 is 2.72 bits per heavy atom. The van der Waals surface area contributed by atoms with Crippen LogP contribution in [0.5, 0.6) is 0 Å². The summed E-state index contributed by atoms with van der Waals surface area (Å²) >= 11 is 0. The highest BCUT2D eigenvalue weighted by Gasteiger charge is 2.22. The van der Waals surface area contributed by atoms with Gasteiger partial charge in [0.1, 0.15) is 0 Å². The fourth-order valence-electron chi connectivity index (χ4n) is 1.61. The SMILES string of the molecule is COC(=O)C(C)CS(=O)(=O)Cc1cc(C)ccn1. The van der Waals surface area contributed by atoms with Gasteiger partial charge >= 0.3 is 5.97 Å². The van der Waals surface area contributed by atoms with Crippen LogP contribution in [-0.4, -0.2) is 32.2 Å². The summed E-state index contributed by atoms with van der Waals surface area (Å²) in [6.07, 6.45) is 1.57. The van der Waals surface area contributed by atoms with Crippen molar-refractivity contribution in [2.45, 2.75) is 19.6 Å². The van der Waals surface area contributed by atoms with Crippen molar-refractivity contribution in [1.29, 1.82) is 0 Å². The Balaban J connectivity index is 2.74. The minimum atomic E-state index is -3.37. The molecule has 0 saturated carbocycles. The van der Waals surface area contributed by atoms with Crippen molar-refractivity contribution in [2.75, 3.05) is 12.9 Å². The Labute approximate surface area is 107 Å². The Morgan fingerprint density at radius 1 is 1.50 bits per heavy atom. The number of aromatic nitrogens is 1. The van der Waals surface area contributed by atoms with E-state index in [9.17, 15) is 13.2 Å². The van der Waals surface area contributed by atoms with E-state index in [4.69, 9.17) is 0 Å². The minimum Gasteiger partial charge on any atom is -0.469 e. The van der Waals surface area contributed by atoms with Crippen LogP contribution in [0.25, 0.3) is 0 Å². The topological polar surface area (TPSA) is 73.3 Å². The van der Waals surface area contributed by atoms with Crippen LogP contribution in [0, 0.1) is 12.8 Å². The Kier molecular flexibility index (Phi) is 4.84. The van der Waals surface area contributed by atoms with Gasteiger partial charge in [0, 0.05) is 6.20 Å². The van der Waals surface area contributed by atoms with Gasteiger partial charge in [-0.25, -0.2) is 8.42 Å². The summed E-state index contributed by atoms with van der Waals surface area (Å²) in [6.45, 7) is 3.40. The summed E-state index contributed by atoms with van der Waals surface area (Å²) in [4.78, 5) is 15.2. The molecule has 0 aliphatic rings. The van der Waals surface area contributed by atoms with E-state index in [1.54, 1.807) is 18.3 Å². The molecule has 0 saturated heterocycles. The zero-order valence-corrected chi connectivity index (χ0v) is 11.5. The molecule has 5 nitrogen and oxygen atoms in total. The molecule has 0 aromatic carbocycles. The highest BCUT2D eigenvalue weighted by atomic mass is 32.2. The summed E-state index contributed by atoms with van der Waals surface area (Å²) in [6, 6.07) is 3.52. The molecule has 1 aromatic rings. The molecule has 18 heavy (non-hydrogen) atoms. The number of hydrogen-bond acceptors (Lipinski definition) is 5. The second-order valence-electron chi connectivity index (χ2n) is 4.30. The summed E-state index contributed by atoms with van der Waals surface area (Å²) in [5, 5.41) is 0. The van der Waals surface area contributed by atoms with Crippen LogP contribution < -0.4 is 0 Å². The molecule has 0 radical (unpaired) electrons. The molecule has 100 valence electrons. The van der Waals surface area contributed by atoms with Gasteiger partial charge in [0.2, 0.25) is 0 Å². The molecule has 0 amide bonds. The molecule has 0 aliphatic carbocycles. The van der Waals surface area contributed by atoms with Crippen molar-refractivity contribution in [3.63, 3.8) is 0 Å². The van der Waals surface area contributed by atoms with E-state index in [0.29, 0.717) is 5.69 Å². The van der Waals surface area contributed by atoms with Gasteiger partial charge in [-0.05, 0) is 24.6 Å². The number of methoxy groups -OCH3 is 1. The number of ether oxygens (including phenoxy) is 1. The van der Waals surface area contributed by atoms with Crippen LogP contribution in [-0.2, 0) is 25.1 Å². The van der Waals surface area contributed by atoms with Gasteiger partial charge in [-0.15, -0.1) is 0 Å². The van der Waals surface area contributed by atoms with E-state index in [2.05, 4.69) is 9.72 Å². The molecule has 6 heteroatoms. The lowest BCUT2D eigenvalue weighted by Crippen LogP contribution is -2.23. The number of pyridine rings is 1. The second kappa shape index (κ2) is 5.95. The fourth-order valence-corrected chi connectivity index (χ4v) is 3.24. The maximum atomic E-state index is 11.9. The predicted molar refractivity (Wildman–Crippen MR) is 67.6 cm³/mol. The maximum absolute atomic E-state index is 11.9. The van der Waals surface area contributed by atoms with Crippen molar-refractivity contribution in [3.05, 3.63) is 29.6 Å². The van der Waals surface area contributed by atoms with Crippen LogP contribution in [0.4, 0.5) is 0 Å². The summed E-state index contributed by atoms with van der Waals surface area (Å²) in [5.74, 6) is -1.56. The average Bonchev–Trinajstić information content (AvgIpc) is 2.26. The number of rotatable bonds is 5. The second-order valence-corrected chi connectivity index (χ2v) is 6.41. The van der Waals surface area contributed by atoms with E-state index in [1.807, 2.05) is 6.92 Å². The first-order chi connectivity index (χ1) is 8.34. The van der Waals surface area contributed by atoms with Gasteiger partial charge in [0.15, 0.2) is 9.84 Å². The van der Waals surface area contributed by atoms with E-state index in [0.717, 1.165) is 5.56 Å². The summed E-state index contributed by atoms with van der Waals surface area (Å²) < 4.78 is 28.3. The smallest absolute Gasteiger partial charge is 0.309 e. The number of nitrogens with zero attached hydrogens (tertiary/aromatic N) is 1. The molecular weight excluding hydrogens is 254 g/mol. The van der Waals surface area contributed by atoms with Crippen LogP contribution in [0.3, 0.4) is 0 Å². The van der Waals surface area contributed by atoms with Crippen LogP contribution in [0.1, 0.15) is 18.2 Å². The number of carbonyl (C=O) groups is 1. The Bertz CT molecular complexity index is 525. The summed E-state index contributed by atoms with van der Waals surface area (Å²) in [7, 11) is -2.13. The van der Waals surface area contributed by atoms with Gasteiger partial charge in [-0.2, -0.15) is 0 Å². The molecule has 1 heterocycles. The quantitative estimate of drug-likeness (QED) is 0.750. The van der Waals surface area contributed by atoms with Crippen LogP contribution in [0.15, 0.2) is 18.3 Å². The largest absolute Gasteiger partial charge is 0.469 e. The molecular formula is C12H17NO4S. The van der Waals surface area contributed by atoms with Crippen molar-refractivity contribution in [3.8, 4) is 0 Å². The molecule has 1 atom stereocenters. The molecule has 0 bridgehead atoms. The lowest BCUT2D eigenvalue weighted by molar-refractivity contribution is -0.144.